The molecule has 1 N–H and O–H groups in total. The third-order valence-electron chi connectivity index (χ3n) is 5.11. The Hall–Kier alpha value is -3.85. The Balaban J connectivity index is 1.76. The van der Waals surface area contributed by atoms with E-state index in [1.165, 1.54) is 24.3 Å². The molecular formula is C28H31NO7S. The van der Waals surface area contributed by atoms with E-state index in [0.29, 0.717) is 5.56 Å². The zero-order valence-electron chi connectivity index (χ0n) is 21.0. The van der Waals surface area contributed by atoms with Crippen LogP contribution in [0, 0.1) is 0 Å². The molecule has 0 heterocycles. The van der Waals surface area contributed by atoms with E-state index in [1.54, 1.807) is 51.1 Å². The summed E-state index contributed by atoms with van der Waals surface area (Å²) in [5.41, 5.74) is 0.752. The highest BCUT2D eigenvalue weighted by atomic mass is 32.2. The quantitative estimate of drug-likeness (QED) is 0.286. The van der Waals surface area contributed by atoms with Gasteiger partial charge in [-0.15, -0.1) is 0 Å². The van der Waals surface area contributed by atoms with Gasteiger partial charge < -0.3 is 19.0 Å². The molecule has 0 aliphatic rings. The van der Waals surface area contributed by atoms with Crippen LogP contribution in [0.15, 0.2) is 89.8 Å². The molecule has 0 saturated heterocycles. The largest absolute Gasteiger partial charge is 0.461 e. The molecule has 0 bridgehead atoms. The number of esters is 1. The van der Waals surface area contributed by atoms with E-state index in [-0.39, 0.29) is 30.2 Å². The lowest BCUT2D eigenvalue weighted by atomic mass is 9.95. The van der Waals surface area contributed by atoms with Crippen molar-refractivity contribution >= 4 is 22.2 Å². The van der Waals surface area contributed by atoms with Crippen molar-refractivity contribution in [2.24, 2.45) is 0 Å². The predicted octanol–water partition coefficient (Wildman–Crippen LogP) is 5.20. The maximum Gasteiger partial charge on any atom is 0.407 e. The molecule has 0 saturated carbocycles. The number of hydrogen-bond donors (Lipinski definition) is 1. The highest BCUT2D eigenvalue weighted by molar-refractivity contribution is 7.87. The summed E-state index contributed by atoms with van der Waals surface area (Å²) in [5, 5.41) is 2.68. The molecule has 3 aromatic carbocycles. The zero-order chi connectivity index (χ0) is 26.9. The first-order chi connectivity index (χ1) is 17.5. The first kappa shape index (κ1) is 27.7. The van der Waals surface area contributed by atoms with Gasteiger partial charge in [-0.25, -0.2) is 4.79 Å². The van der Waals surface area contributed by atoms with Crippen LogP contribution in [-0.2, 0) is 31.0 Å². The maximum atomic E-state index is 12.7. The summed E-state index contributed by atoms with van der Waals surface area (Å²) in [6.07, 6.45) is -0.688. The molecule has 1 unspecified atom stereocenters. The van der Waals surface area contributed by atoms with Gasteiger partial charge >= 0.3 is 22.2 Å². The third kappa shape index (κ3) is 9.27. The number of nitrogens with one attached hydrogen (secondary N) is 1. The average molecular weight is 526 g/mol. The normalized spacial score (nSPS) is 12.3. The van der Waals surface area contributed by atoms with Crippen molar-refractivity contribution in [2.75, 3.05) is 6.54 Å². The van der Waals surface area contributed by atoms with E-state index in [1.807, 2.05) is 30.3 Å². The Kier molecular flexibility index (Phi) is 9.30. The topological polar surface area (TPSA) is 108 Å². The molecule has 9 heteroatoms. The van der Waals surface area contributed by atoms with Crippen LogP contribution in [0.1, 0.15) is 44.2 Å². The molecule has 1 atom stereocenters. The molecule has 3 aromatic rings. The number of ether oxygens (including phenoxy) is 2. The summed E-state index contributed by atoms with van der Waals surface area (Å²) in [6.45, 7) is 5.42. The van der Waals surface area contributed by atoms with Crippen LogP contribution in [0.3, 0.4) is 0 Å². The van der Waals surface area contributed by atoms with Gasteiger partial charge in [-0.3, -0.25) is 4.79 Å². The van der Waals surface area contributed by atoms with Crippen LogP contribution < -0.4 is 9.50 Å². The minimum absolute atomic E-state index is 0.0213. The summed E-state index contributed by atoms with van der Waals surface area (Å²) < 4.78 is 41.4. The molecule has 8 nitrogen and oxygen atoms in total. The fourth-order valence-electron chi connectivity index (χ4n) is 3.41. The van der Waals surface area contributed by atoms with E-state index < -0.39 is 33.7 Å². The molecule has 37 heavy (non-hydrogen) atoms. The Morgan fingerprint density at radius 1 is 0.892 bits per heavy atom. The number of rotatable bonds is 10. The molecule has 3 rings (SSSR count). The van der Waals surface area contributed by atoms with Crippen molar-refractivity contribution in [1.29, 1.82) is 0 Å². The Morgan fingerprint density at radius 2 is 1.54 bits per heavy atom. The number of benzene rings is 3. The lowest BCUT2D eigenvalue weighted by molar-refractivity contribution is -0.145. The molecule has 0 aliphatic carbocycles. The molecule has 0 aliphatic heterocycles. The fraction of sp³-hybridized carbons (Fsp3) is 0.286. The van der Waals surface area contributed by atoms with Crippen LogP contribution in [-0.4, -0.2) is 32.6 Å². The molecular weight excluding hydrogens is 494 g/mol. The predicted molar refractivity (Wildman–Crippen MR) is 139 cm³/mol. The summed E-state index contributed by atoms with van der Waals surface area (Å²) in [5.74, 6) is -0.914. The van der Waals surface area contributed by atoms with Gasteiger partial charge in [0.1, 0.15) is 22.9 Å². The first-order valence-electron chi connectivity index (χ1n) is 11.8. The van der Waals surface area contributed by atoms with Crippen molar-refractivity contribution in [3.8, 4) is 5.75 Å². The summed E-state index contributed by atoms with van der Waals surface area (Å²) >= 11 is 0. The summed E-state index contributed by atoms with van der Waals surface area (Å²) in [7, 11) is -4.05. The standard InChI is InChI=1S/C28H31NO7S/c1-28(2,3)35-27(31)29-19-23(18-26(30)34-20-21-11-6-4-7-12-21)22-13-10-14-24(17-22)36-37(32,33)25-15-8-5-9-16-25/h4-17,23H,18-20H2,1-3H3,(H,29,31). The van der Waals surface area contributed by atoms with Crippen LogP contribution in [0.4, 0.5) is 4.79 Å². The SMILES string of the molecule is CC(C)(C)OC(=O)NCC(CC(=O)OCc1ccccc1)c1cccc(OS(=O)(=O)c2ccccc2)c1. The highest BCUT2D eigenvalue weighted by Crippen LogP contribution is 2.26. The van der Waals surface area contributed by atoms with Crippen LogP contribution >= 0.6 is 0 Å². The minimum atomic E-state index is -4.05. The van der Waals surface area contributed by atoms with Gasteiger partial charge in [0.2, 0.25) is 0 Å². The Bertz CT molecular complexity index is 1290. The Labute approximate surface area is 217 Å². The molecule has 0 fully saturated rings. The first-order valence-corrected chi connectivity index (χ1v) is 13.2. The molecule has 196 valence electrons. The lowest BCUT2D eigenvalue weighted by Gasteiger charge is -2.22. The fourth-order valence-corrected chi connectivity index (χ4v) is 4.35. The number of alkyl carbamates (subject to hydrolysis) is 1. The molecule has 1 amide bonds. The van der Waals surface area contributed by atoms with Crippen LogP contribution in [0.2, 0.25) is 0 Å². The van der Waals surface area contributed by atoms with Crippen molar-refractivity contribution in [1.82, 2.24) is 5.32 Å². The van der Waals surface area contributed by atoms with Gasteiger partial charge in [-0.2, -0.15) is 8.42 Å². The van der Waals surface area contributed by atoms with E-state index in [4.69, 9.17) is 13.7 Å². The number of carbonyl (C=O) groups is 2. The third-order valence-corrected chi connectivity index (χ3v) is 6.38. The van der Waals surface area contributed by atoms with Crippen LogP contribution in [0.25, 0.3) is 0 Å². The van der Waals surface area contributed by atoms with Gasteiger partial charge in [0.25, 0.3) is 0 Å². The van der Waals surface area contributed by atoms with Gasteiger partial charge in [0.05, 0.1) is 6.42 Å². The monoisotopic (exact) mass is 525 g/mol. The average Bonchev–Trinajstić information content (AvgIpc) is 2.85. The van der Waals surface area contributed by atoms with Gasteiger partial charge in [0.15, 0.2) is 0 Å². The highest BCUT2D eigenvalue weighted by Gasteiger charge is 2.23. The maximum absolute atomic E-state index is 12.7. The molecule has 0 radical (unpaired) electrons. The zero-order valence-corrected chi connectivity index (χ0v) is 21.9. The van der Waals surface area contributed by atoms with Crippen molar-refractivity contribution in [2.45, 2.75) is 50.2 Å². The second kappa shape index (κ2) is 12.4. The van der Waals surface area contributed by atoms with Gasteiger partial charge in [-0.05, 0) is 56.2 Å². The smallest absolute Gasteiger partial charge is 0.407 e. The molecule has 0 spiro atoms. The number of hydrogen-bond acceptors (Lipinski definition) is 7. The minimum Gasteiger partial charge on any atom is -0.461 e. The van der Waals surface area contributed by atoms with Crippen molar-refractivity contribution in [3.05, 3.63) is 96.1 Å². The Morgan fingerprint density at radius 3 is 2.19 bits per heavy atom. The van der Waals surface area contributed by atoms with E-state index in [0.717, 1.165) is 5.56 Å². The summed E-state index contributed by atoms with van der Waals surface area (Å²) in [6, 6.07) is 23.5. The van der Waals surface area contributed by atoms with Crippen molar-refractivity contribution in [3.63, 3.8) is 0 Å². The van der Waals surface area contributed by atoms with Crippen LogP contribution in [0.5, 0.6) is 5.75 Å². The van der Waals surface area contributed by atoms with E-state index in [9.17, 15) is 18.0 Å². The lowest BCUT2D eigenvalue weighted by Crippen LogP contribution is -2.35. The molecule has 0 aromatic heterocycles. The second-order valence-electron chi connectivity index (χ2n) is 9.35. The van der Waals surface area contributed by atoms with Gasteiger partial charge in [-0.1, -0.05) is 60.7 Å². The second-order valence-corrected chi connectivity index (χ2v) is 10.9. The summed E-state index contributed by atoms with van der Waals surface area (Å²) in [4.78, 5) is 24.9. The van der Waals surface area contributed by atoms with E-state index >= 15 is 0 Å². The number of carbonyl (C=O) groups excluding carboxylic acids is 2. The van der Waals surface area contributed by atoms with Crippen molar-refractivity contribution < 1.29 is 31.7 Å². The van der Waals surface area contributed by atoms with E-state index in [2.05, 4.69) is 5.32 Å². The number of amides is 1. The van der Waals surface area contributed by atoms with Gasteiger partial charge in [0, 0.05) is 12.5 Å².